The monoisotopic (exact) mass is 220 g/mol. The average Bonchev–Trinajstić information content (AvgIpc) is 2.61. The van der Waals surface area contributed by atoms with E-state index >= 15 is 0 Å². The lowest BCUT2D eigenvalue weighted by Crippen LogP contribution is -2.34. The highest BCUT2D eigenvalue weighted by atomic mass is 16.4. The molecule has 0 bridgehead atoms. The molecule has 1 amide bonds. The first-order valence-electron chi connectivity index (χ1n) is 5.08. The van der Waals surface area contributed by atoms with Gasteiger partial charge in [0.25, 0.3) is 0 Å². The standard InChI is InChI=1S/C11H12N2O3/c14-10-5-8(11(15)16)9(13-10)4-7-2-1-3-12-6-7/h1-3,6,8-9H,4-5H2,(H,13,14)(H,15,16). The summed E-state index contributed by atoms with van der Waals surface area (Å²) in [6, 6.07) is 3.34. The largest absolute Gasteiger partial charge is 0.481 e. The number of aromatic nitrogens is 1. The lowest BCUT2D eigenvalue weighted by molar-refractivity contribution is -0.142. The minimum atomic E-state index is -0.924. The molecule has 5 heteroatoms. The molecular formula is C11H12N2O3. The van der Waals surface area contributed by atoms with Gasteiger partial charge in [0.2, 0.25) is 5.91 Å². The molecule has 2 N–H and O–H groups in total. The topological polar surface area (TPSA) is 79.3 Å². The number of aliphatic carboxylic acids is 1. The van der Waals surface area contributed by atoms with Crippen molar-refractivity contribution < 1.29 is 14.7 Å². The molecule has 84 valence electrons. The van der Waals surface area contributed by atoms with Crippen LogP contribution in [0.25, 0.3) is 0 Å². The van der Waals surface area contributed by atoms with E-state index < -0.39 is 11.9 Å². The maximum absolute atomic E-state index is 11.2. The number of nitrogens with zero attached hydrogens (tertiary/aromatic N) is 1. The summed E-state index contributed by atoms with van der Waals surface area (Å²) in [5.74, 6) is -1.75. The third-order valence-electron chi connectivity index (χ3n) is 2.73. The van der Waals surface area contributed by atoms with E-state index in [0.29, 0.717) is 6.42 Å². The summed E-state index contributed by atoms with van der Waals surface area (Å²) in [6.07, 6.45) is 3.92. The van der Waals surface area contributed by atoms with E-state index in [9.17, 15) is 9.59 Å². The van der Waals surface area contributed by atoms with Crippen molar-refractivity contribution in [2.75, 3.05) is 0 Å². The van der Waals surface area contributed by atoms with Gasteiger partial charge < -0.3 is 10.4 Å². The molecule has 1 aromatic rings. The van der Waals surface area contributed by atoms with Crippen LogP contribution in [0.2, 0.25) is 0 Å². The van der Waals surface area contributed by atoms with Crippen LogP contribution in [0.5, 0.6) is 0 Å². The van der Waals surface area contributed by atoms with Crippen LogP contribution in [0.3, 0.4) is 0 Å². The Morgan fingerprint density at radius 3 is 3.06 bits per heavy atom. The van der Waals surface area contributed by atoms with Crippen molar-refractivity contribution in [2.45, 2.75) is 18.9 Å². The zero-order valence-electron chi connectivity index (χ0n) is 8.59. The summed E-state index contributed by atoms with van der Waals surface area (Å²) in [4.78, 5) is 26.1. The molecule has 2 atom stereocenters. The number of pyridine rings is 1. The number of rotatable bonds is 3. The first kappa shape index (κ1) is 10.6. The first-order chi connectivity index (χ1) is 7.66. The second kappa shape index (κ2) is 4.30. The molecule has 1 fully saturated rings. The SMILES string of the molecule is O=C1CC(C(=O)O)C(Cc2cccnc2)N1. The van der Waals surface area contributed by atoms with E-state index in [1.54, 1.807) is 18.5 Å². The average molecular weight is 220 g/mol. The van der Waals surface area contributed by atoms with Crippen LogP contribution in [0.15, 0.2) is 24.5 Å². The highest BCUT2D eigenvalue weighted by Gasteiger charge is 2.37. The number of carboxylic acids is 1. The van der Waals surface area contributed by atoms with E-state index in [1.165, 1.54) is 0 Å². The Hall–Kier alpha value is -1.91. The summed E-state index contributed by atoms with van der Waals surface area (Å²) in [6.45, 7) is 0. The third-order valence-corrected chi connectivity index (χ3v) is 2.73. The molecule has 1 aromatic heterocycles. The number of carboxylic acid groups (broad SMARTS) is 1. The summed E-state index contributed by atoms with van der Waals surface area (Å²) in [5.41, 5.74) is 0.931. The van der Waals surface area contributed by atoms with E-state index in [-0.39, 0.29) is 18.4 Å². The molecule has 16 heavy (non-hydrogen) atoms. The fourth-order valence-corrected chi connectivity index (χ4v) is 1.93. The van der Waals surface area contributed by atoms with E-state index in [4.69, 9.17) is 5.11 Å². The van der Waals surface area contributed by atoms with E-state index in [0.717, 1.165) is 5.56 Å². The second-order valence-corrected chi connectivity index (χ2v) is 3.89. The zero-order chi connectivity index (χ0) is 11.5. The van der Waals surface area contributed by atoms with Crippen molar-refractivity contribution in [3.63, 3.8) is 0 Å². The summed E-state index contributed by atoms with van der Waals surface area (Å²) in [5, 5.41) is 11.7. The van der Waals surface area contributed by atoms with Crippen LogP contribution < -0.4 is 5.32 Å². The van der Waals surface area contributed by atoms with Crippen LogP contribution in [-0.2, 0) is 16.0 Å². The summed E-state index contributed by atoms with van der Waals surface area (Å²) in [7, 11) is 0. The van der Waals surface area contributed by atoms with Crippen molar-refractivity contribution in [2.24, 2.45) is 5.92 Å². The smallest absolute Gasteiger partial charge is 0.309 e. The molecule has 1 saturated heterocycles. The van der Waals surface area contributed by atoms with Crippen molar-refractivity contribution in [1.29, 1.82) is 0 Å². The van der Waals surface area contributed by atoms with Crippen LogP contribution in [0.4, 0.5) is 0 Å². The third kappa shape index (κ3) is 2.18. The minimum Gasteiger partial charge on any atom is -0.481 e. The molecule has 0 aliphatic carbocycles. The lowest BCUT2D eigenvalue weighted by Gasteiger charge is -2.14. The number of hydrogen-bond donors (Lipinski definition) is 2. The fourth-order valence-electron chi connectivity index (χ4n) is 1.93. The highest BCUT2D eigenvalue weighted by Crippen LogP contribution is 2.20. The Bertz CT molecular complexity index is 405. The van der Waals surface area contributed by atoms with Crippen LogP contribution in [0.1, 0.15) is 12.0 Å². The Kier molecular flexibility index (Phi) is 2.85. The lowest BCUT2D eigenvalue weighted by atomic mass is 9.95. The van der Waals surface area contributed by atoms with Gasteiger partial charge >= 0.3 is 5.97 Å². The molecule has 0 saturated carbocycles. The van der Waals surface area contributed by atoms with Gasteiger partial charge in [0.1, 0.15) is 0 Å². The van der Waals surface area contributed by atoms with Crippen molar-refractivity contribution in [3.8, 4) is 0 Å². The maximum Gasteiger partial charge on any atom is 0.309 e. The Balaban J connectivity index is 2.09. The maximum atomic E-state index is 11.2. The van der Waals surface area contributed by atoms with E-state index in [1.807, 2.05) is 6.07 Å². The predicted octanol–water partition coefficient (Wildman–Crippen LogP) is 0.213. The van der Waals surface area contributed by atoms with Gasteiger partial charge in [-0.05, 0) is 18.1 Å². The highest BCUT2D eigenvalue weighted by molar-refractivity contribution is 5.86. The van der Waals surface area contributed by atoms with Crippen molar-refractivity contribution in [3.05, 3.63) is 30.1 Å². The molecule has 2 rings (SSSR count). The molecular weight excluding hydrogens is 208 g/mol. The quantitative estimate of drug-likeness (QED) is 0.763. The number of hydrogen-bond acceptors (Lipinski definition) is 3. The summed E-state index contributed by atoms with van der Waals surface area (Å²) < 4.78 is 0. The van der Waals surface area contributed by atoms with Gasteiger partial charge in [0.05, 0.1) is 5.92 Å². The van der Waals surface area contributed by atoms with Crippen molar-refractivity contribution in [1.82, 2.24) is 10.3 Å². The number of amides is 1. The van der Waals surface area contributed by atoms with Crippen LogP contribution >= 0.6 is 0 Å². The second-order valence-electron chi connectivity index (χ2n) is 3.89. The van der Waals surface area contributed by atoms with Gasteiger partial charge in [-0.1, -0.05) is 6.07 Å². The molecule has 2 heterocycles. The normalized spacial score (nSPS) is 24.1. The van der Waals surface area contributed by atoms with Crippen LogP contribution in [0, 0.1) is 5.92 Å². The molecule has 0 radical (unpaired) electrons. The molecule has 0 spiro atoms. The summed E-state index contributed by atoms with van der Waals surface area (Å²) >= 11 is 0. The number of carbonyl (C=O) groups is 2. The van der Waals surface area contributed by atoms with E-state index in [2.05, 4.69) is 10.3 Å². The van der Waals surface area contributed by atoms with Gasteiger partial charge in [-0.2, -0.15) is 0 Å². The Labute approximate surface area is 92.5 Å². The Morgan fingerprint density at radius 2 is 2.44 bits per heavy atom. The number of nitrogens with one attached hydrogen (secondary N) is 1. The fraction of sp³-hybridized carbons (Fsp3) is 0.364. The van der Waals surface area contributed by atoms with Crippen molar-refractivity contribution >= 4 is 11.9 Å². The molecule has 5 nitrogen and oxygen atoms in total. The molecule has 0 aromatic carbocycles. The minimum absolute atomic E-state index is 0.0697. The van der Waals surface area contributed by atoms with Gasteiger partial charge in [-0.15, -0.1) is 0 Å². The molecule has 2 unspecified atom stereocenters. The predicted molar refractivity (Wildman–Crippen MR) is 55.6 cm³/mol. The first-order valence-corrected chi connectivity index (χ1v) is 5.08. The molecule has 1 aliphatic heterocycles. The van der Waals surface area contributed by atoms with Gasteiger partial charge in [-0.3, -0.25) is 14.6 Å². The van der Waals surface area contributed by atoms with Gasteiger partial charge in [0, 0.05) is 24.9 Å². The zero-order valence-corrected chi connectivity index (χ0v) is 8.59. The van der Waals surface area contributed by atoms with Gasteiger partial charge in [-0.25, -0.2) is 0 Å². The van der Waals surface area contributed by atoms with Crippen LogP contribution in [-0.4, -0.2) is 28.0 Å². The Morgan fingerprint density at radius 1 is 1.62 bits per heavy atom. The molecule has 1 aliphatic rings. The number of carbonyl (C=O) groups excluding carboxylic acids is 1. The van der Waals surface area contributed by atoms with Gasteiger partial charge in [0.15, 0.2) is 0 Å².